The topological polar surface area (TPSA) is 21.3 Å². The van der Waals surface area contributed by atoms with E-state index in [1.807, 2.05) is 0 Å². The number of aryl methyl sites for hydroxylation is 1. The largest absolute Gasteiger partial charge is 0.372 e. The van der Waals surface area contributed by atoms with Crippen molar-refractivity contribution in [2.24, 2.45) is 5.92 Å². The highest BCUT2D eigenvalue weighted by molar-refractivity contribution is 5.33. The monoisotopic (exact) mass is 261 g/mol. The number of unbranched alkanes of at least 4 members (excludes halogenated alkanes) is 2. The zero-order chi connectivity index (χ0) is 13.5. The summed E-state index contributed by atoms with van der Waals surface area (Å²) in [6, 6.07) is 6.84. The fraction of sp³-hybridized carbons (Fsp3) is 0.647. The van der Waals surface area contributed by atoms with Gasteiger partial charge in [0.2, 0.25) is 0 Å². The predicted octanol–water partition coefficient (Wildman–Crippen LogP) is 3.68. The summed E-state index contributed by atoms with van der Waals surface area (Å²) >= 11 is 0. The summed E-state index contributed by atoms with van der Waals surface area (Å²) in [5, 5.41) is 3.50. The van der Waals surface area contributed by atoms with Gasteiger partial charge in [-0.25, -0.2) is 0 Å². The van der Waals surface area contributed by atoms with Crippen LogP contribution in [0.5, 0.6) is 0 Å². The van der Waals surface area contributed by atoms with Gasteiger partial charge >= 0.3 is 0 Å². The van der Waals surface area contributed by atoms with E-state index >= 15 is 0 Å². The summed E-state index contributed by atoms with van der Waals surface area (Å²) in [5.74, 6) is 0.758. The normalized spacial score (nSPS) is 14.1. The quantitative estimate of drug-likeness (QED) is 0.721. The molecule has 0 fully saturated rings. The Morgan fingerprint density at radius 1 is 1.11 bits per heavy atom. The summed E-state index contributed by atoms with van der Waals surface area (Å²) in [6.45, 7) is 8.43. The zero-order valence-electron chi connectivity index (χ0n) is 12.4. The van der Waals surface area contributed by atoms with Crippen molar-refractivity contribution in [3.8, 4) is 0 Å². The van der Waals surface area contributed by atoms with Gasteiger partial charge in [-0.1, -0.05) is 38.5 Å². The Kier molecular flexibility index (Phi) is 5.87. The summed E-state index contributed by atoms with van der Waals surface area (Å²) in [6.07, 6.45) is 5.11. The van der Waals surface area contributed by atoms with Gasteiger partial charge in [0.1, 0.15) is 0 Å². The average molecular weight is 261 g/mol. The van der Waals surface area contributed by atoms with Gasteiger partial charge in [0.15, 0.2) is 0 Å². The van der Waals surface area contributed by atoms with Crippen molar-refractivity contribution < 1.29 is 4.74 Å². The Labute approximate surface area is 117 Å². The van der Waals surface area contributed by atoms with E-state index in [1.54, 1.807) is 0 Å². The molecule has 0 aliphatic carbocycles. The molecule has 19 heavy (non-hydrogen) atoms. The summed E-state index contributed by atoms with van der Waals surface area (Å²) in [5.41, 5.74) is 4.25. The van der Waals surface area contributed by atoms with Gasteiger partial charge in [-0.15, -0.1) is 0 Å². The Morgan fingerprint density at radius 3 is 2.79 bits per heavy atom. The second kappa shape index (κ2) is 7.66. The number of rotatable bonds is 8. The molecule has 2 heteroatoms. The minimum atomic E-state index is 0.758. The first kappa shape index (κ1) is 14.5. The molecule has 0 radical (unpaired) electrons. The Hall–Kier alpha value is -0.860. The lowest BCUT2D eigenvalue weighted by Gasteiger charge is -2.07. The third kappa shape index (κ3) is 4.96. The molecule has 0 saturated carbocycles. The van der Waals surface area contributed by atoms with Crippen molar-refractivity contribution in [3.05, 3.63) is 34.9 Å². The van der Waals surface area contributed by atoms with Gasteiger partial charge in [-0.2, -0.15) is 0 Å². The summed E-state index contributed by atoms with van der Waals surface area (Å²) in [4.78, 5) is 0. The molecule has 1 aliphatic rings. The molecule has 0 bridgehead atoms. The molecule has 0 unspecified atom stereocenters. The molecule has 1 aliphatic heterocycles. The molecule has 0 spiro atoms. The van der Waals surface area contributed by atoms with Gasteiger partial charge in [0.25, 0.3) is 0 Å². The lowest BCUT2D eigenvalue weighted by molar-refractivity contribution is 0.134. The molecule has 106 valence electrons. The van der Waals surface area contributed by atoms with Crippen molar-refractivity contribution in [3.63, 3.8) is 0 Å². The van der Waals surface area contributed by atoms with E-state index in [0.717, 1.165) is 32.2 Å². The van der Waals surface area contributed by atoms with Crippen LogP contribution in [0.4, 0.5) is 0 Å². The fourth-order valence-electron chi connectivity index (χ4n) is 2.53. The molecule has 1 aromatic rings. The number of fused-ring (bicyclic) bond motifs is 1. The van der Waals surface area contributed by atoms with E-state index in [0.29, 0.717) is 0 Å². The van der Waals surface area contributed by atoms with E-state index in [4.69, 9.17) is 4.74 Å². The van der Waals surface area contributed by atoms with Crippen LogP contribution in [0.2, 0.25) is 0 Å². The third-order valence-corrected chi connectivity index (χ3v) is 3.66. The molecule has 0 amide bonds. The second-order valence-electron chi connectivity index (χ2n) is 6.00. The minimum absolute atomic E-state index is 0.758. The molecule has 0 saturated heterocycles. The van der Waals surface area contributed by atoms with E-state index in [1.165, 1.54) is 42.4 Å². The summed E-state index contributed by atoms with van der Waals surface area (Å²) in [7, 11) is 0. The number of benzene rings is 1. The van der Waals surface area contributed by atoms with Crippen LogP contribution < -0.4 is 5.32 Å². The number of hydrogen-bond donors (Lipinski definition) is 1. The molecule has 0 atom stereocenters. The zero-order valence-corrected chi connectivity index (χ0v) is 12.4. The SMILES string of the molecule is CC(C)CNCCCCCc1ccc2c(c1)COC2. The fourth-order valence-corrected chi connectivity index (χ4v) is 2.53. The van der Waals surface area contributed by atoms with Crippen molar-refractivity contribution >= 4 is 0 Å². The van der Waals surface area contributed by atoms with Gasteiger partial charge < -0.3 is 10.1 Å². The minimum Gasteiger partial charge on any atom is -0.372 e. The van der Waals surface area contributed by atoms with Crippen molar-refractivity contribution in [1.82, 2.24) is 5.32 Å². The van der Waals surface area contributed by atoms with Crippen LogP contribution in [0.1, 0.15) is 49.8 Å². The maximum atomic E-state index is 5.45. The second-order valence-corrected chi connectivity index (χ2v) is 6.00. The van der Waals surface area contributed by atoms with Crippen LogP contribution in [0.25, 0.3) is 0 Å². The Balaban J connectivity index is 1.58. The van der Waals surface area contributed by atoms with Crippen LogP contribution in [0, 0.1) is 5.92 Å². The van der Waals surface area contributed by atoms with E-state index in [9.17, 15) is 0 Å². The first-order chi connectivity index (χ1) is 9.25. The molecular weight excluding hydrogens is 234 g/mol. The molecule has 2 rings (SSSR count). The van der Waals surface area contributed by atoms with Crippen LogP contribution in [-0.4, -0.2) is 13.1 Å². The number of ether oxygens (including phenoxy) is 1. The van der Waals surface area contributed by atoms with Crippen LogP contribution in [0.15, 0.2) is 18.2 Å². The highest BCUT2D eigenvalue weighted by Crippen LogP contribution is 2.21. The molecule has 1 N–H and O–H groups in total. The van der Waals surface area contributed by atoms with Gasteiger partial charge in [0, 0.05) is 0 Å². The van der Waals surface area contributed by atoms with Gasteiger partial charge in [-0.3, -0.25) is 0 Å². The highest BCUT2D eigenvalue weighted by atomic mass is 16.5. The Bertz CT molecular complexity index is 387. The average Bonchev–Trinajstić information content (AvgIpc) is 2.84. The predicted molar refractivity (Wildman–Crippen MR) is 80.2 cm³/mol. The smallest absolute Gasteiger partial charge is 0.0725 e. The molecule has 0 aromatic heterocycles. The van der Waals surface area contributed by atoms with Crippen molar-refractivity contribution in [2.75, 3.05) is 13.1 Å². The van der Waals surface area contributed by atoms with Crippen molar-refractivity contribution in [1.29, 1.82) is 0 Å². The standard InChI is InChI=1S/C17H27NO/c1-14(2)11-18-9-5-3-4-6-15-7-8-16-12-19-13-17(16)10-15/h7-8,10,14,18H,3-6,9,11-13H2,1-2H3. The lowest BCUT2D eigenvalue weighted by atomic mass is 10.0. The molecule has 1 aromatic carbocycles. The van der Waals surface area contributed by atoms with Crippen LogP contribution >= 0.6 is 0 Å². The first-order valence-electron chi connectivity index (χ1n) is 7.65. The van der Waals surface area contributed by atoms with Gasteiger partial charge in [0.05, 0.1) is 13.2 Å². The molecule has 1 heterocycles. The van der Waals surface area contributed by atoms with E-state index < -0.39 is 0 Å². The van der Waals surface area contributed by atoms with E-state index in [2.05, 4.69) is 37.4 Å². The lowest BCUT2D eigenvalue weighted by Crippen LogP contribution is -2.20. The van der Waals surface area contributed by atoms with Crippen molar-refractivity contribution in [2.45, 2.75) is 52.7 Å². The van der Waals surface area contributed by atoms with Gasteiger partial charge in [-0.05, 0) is 55.0 Å². The van der Waals surface area contributed by atoms with Crippen LogP contribution in [0.3, 0.4) is 0 Å². The maximum Gasteiger partial charge on any atom is 0.0725 e. The number of hydrogen-bond acceptors (Lipinski definition) is 2. The van der Waals surface area contributed by atoms with E-state index in [-0.39, 0.29) is 0 Å². The van der Waals surface area contributed by atoms with Crippen LogP contribution in [-0.2, 0) is 24.4 Å². The third-order valence-electron chi connectivity index (χ3n) is 3.66. The summed E-state index contributed by atoms with van der Waals surface area (Å²) < 4.78 is 5.45. The Morgan fingerprint density at radius 2 is 1.95 bits per heavy atom. The first-order valence-corrected chi connectivity index (χ1v) is 7.65. The molecular formula is C17H27NO. The maximum absolute atomic E-state index is 5.45. The molecule has 2 nitrogen and oxygen atoms in total. The highest BCUT2D eigenvalue weighted by Gasteiger charge is 2.10. The number of nitrogens with one attached hydrogen (secondary N) is 1.